The van der Waals surface area contributed by atoms with Gasteiger partial charge in [-0.15, -0.1) is 0 Å². The number of hydrogen-bond acceptors (Lipinski definition) is 7. The first-order valence-electron chi connectivity index (χ1n) is 12.2. The van der Waals surface area contributed by atoms with Gasteiger partial charge in [-0.05, 0) is 66.6 Å². The number of rotatable bonds is 11. The van der Waals surface area contributed by atoms with Crippen LogP contribution in [-0.2, 0) is 20.6 Å². The van der Waals surface area contributed by atoms with Gasteiger partial charge in [0.15, 0.2) is 18.1 Å². The van der Waals surface area contributed by atoms with Crippen LogP contribution in [0.4, 0.5) is 24.5 Å². The van der Waals surface area contributed by atoms with Crippen LogP contribution in [0.1, 0.15) is 24.5 Å². The number of halogens is 3. The van der Waals surface area contributed by atoms with E-state index in [0.29, 0.717) is 23.6 Å². The topological polar surface area (TPSA) is 127 Å². The van der Waals surface area contributed by atoms with Crippen molar-refractivity contribution in [3.05, 3.63) is 77.9 Å². The third-order valence-electron chi connectivity index (χ3n) is 5.22. The average Bonchev–Trinajstić information content (AvgIpc) is 2.95. The first kappa shape index (κ1) is 30.5. The number of benzene rings is 3. The highest BCUT2D eigenvalue weighted by molar-refractivity contribution is 6.39. The molecule has 0 aliphatic rings. The fourth-order valence-corrected chi connectivity index (χ4v) is 3.31. The highest BCUT2D eigenvalue weighted by atomic mass is 19.4. The Morgan fingerprint density at radius 1 is 0.902 bits per heavy atom. The molecule has 41 heavy (non-hydrogen) atoms. The number of methoxy groups -OCH3 is 1. The van der Waals surface area contributed by atoms with Crippen molar-refractivity contribution in [3.63, 3.8) is 0 Å². The molecule has 0 unspecified atom stereocenters. The van der Waals surface area contributed by atoms with E-state index < -0.39 is 41.8 Å². The molecule has 3 aromatic carbocycles. The molecule has 0 aromatic heterocycles. The van der Waals surface area contributed by atoms with E-state index in [1.54, 1.807) is 24.3 Å². The van der Waals surface area contributed by atoms with Gasteiger partial charge in [-0.1, -0.05) is 19.1 Å². The maximum Gasteiger partial charge on any atom is 0.418 e. The Morgan fingerprint density at radius 3 is 2.32 bits per heavy atom. The van der Waals surface area contributed by atoms with Gasteiger partial charge in [0, 0.05) is 5.69 Å². The molecular weight excluding hydrogens is 545 g/mol. The van der Waals surface area contributed by atoms with Crippen LogP contribution in [0.3, 0.4) is 0 Å². The molecule has 0 radical (unpaired) electrons. The van der Waals surface area contributed by atoms with Crippen LogP contribution >= 0.6 is 0 Å². The Labute approximate surface area is 233 Å². The highest BCUT2D eigenvalue weighted by Crippen LogP contribution is 2.34. The van der Waals surface area contributed by atoms with Gasteiger partial charge in [0.1, 0.15) is 5.75 Å². The summed E-state index contributed by atoms with van der Waals surface area (Å²) in [5.41, 5.74) is 1.58. The van der Waals surface area contributed by atoms with Crippen molar-refractivity contribution in [2.45, 2.75) is 19.5 Å². The van der Waals surface area contributed by atoms with Gasteiger partial charge in [-0.25, -0.2) is 5.43 Å². The first-order chi connectivity index (χ1) is 19.6. The summed E-state index contributed by atoms with van der Waals surface area (Å²) < 4.78 is 55.5. The number of anilines is 2. The van der Waals surface area contributed by atoms with Crippen LogP contribution in [0.2, 0.25) is 0 Å². The maximum atomic E-state index is 13.1. The van der Waals surface area contributed by atoms with Crippen molar-refractivity contribution in [2.75, 3.05) is 31.0 Å². The number of carbonyl (C=O) groups is 3. The largest absolute Gasteiger partial charge is 0.494 e. The zero-order valence-corrected chi connectivity index (χ0v) is 22.1. The molecule has 0 saturated carbocycles. The molecule has 216 valence electrons. The van der Waals surface area contributed by atoms with Crippen molar-refractivity contribution in [1.82, 2.24) is 5.43 Å². The standard InChI is InChI=1S/C28H27F3N4O6/c1-3-14-40-20-11-9-19(10-12-20)33-26(37)27(38)35-32-16-18-8-13-23(24(15-18)39-2)41-17-25(36)34-22-7-5-4-6-21(22)28(29,30)31/h4-13,15-16H,3,14,17H2,1-2H3,(H,33,37)(H,34,36)(H,35,38)/b32-16-. The monoisotopic (exact) mass is 572 g/mol. The van der Waals surface area contributed by atoms with Crippen LogP contribution in [0, 0.1) is 0 Å². The minimum absolute atomic E-state index is 0.137. The van der Waals surface area contributed by atoms with Gasteiger partial charge in [-0.2, -0.15) is 18.3 Å². The number of alkyl halides is 3. The van der Waals surface area contributed by atoms with Crippen molar-refractivity contribution in [2.24, 2.45) is 5.10 Å². The predicted octanol–water partition coefficient (Wildman–Crippen LogP) is 4.61. The van der Waals surface area contributed by atoms with E-state index in [1.807, 2.05) is 6.92 Å². The second kappa shape index (κ2) is 14.4. The molecular formula is C28H27F3N4O6. The van der Waals surface area contributed by atoms with Gasteiger partial charge in [0.25, 0.3) is 5.91 Å². The number of hydrogen-bond donors (Lipinski definition) is 3. The molecule has 13 heteroatoms. The second-order valence-electron chi connectivity index (χ2n) is 8.32. The molecule has 3 rings (SSSR count). The van der Waals surface area contributed by atoms with Crippen LogP contribution in [0.25, 0.3) is 0 Å². The van der Waals surface area contributed by atoms with E-state index in [2.05, 4.69) is 21.2 Å². The van der Waals surface area contributed by atoms with Crippen LogP contribution in [0.15, 0.2) is 71.8 Å². The molecule has 0 heterocycles. The summed E-state index contributed by atoms with van der Waals surface area (Å²) in [6, 6.07) is 15.6. The molecule has 0 aliphatic carbocycles. The lowest BCUT2D eigenvalue weighted by Crippen LogP contribution is -2.32. The molecule has 0 aliphatic heterocycles. The Bertz CT molecular complexity index is 1390. The lowest BCUT2D eigenvalue weighted by atomic mass is 10.1. The van der Waals surface area contributed by atoms with Crippen molar-refractivity contribution >= 4 is 35.3 Å². The number of nitrogens with one attached hydrogen (secondary N) is 3. The van der Waals surface area contributed by atoms with Crippen LogP contribution < -0.4 is 30.3 Å². The van der Waals surface area contributed by atoms with E-state index in [-0.39, 0.29) is 11.5 Å². The normalized spacial score (nSPS) is 11.0. The van der Waals surface area contributed by atoms with Crippen molar-refractivity contribution < 1.29 is 41.8 Å². The molecule has 0 spiro atoms. The highest BCUT2D eigenvalue weighted by Gasteiger charge is 2.33. The molecule has 3 N–H and O–H groups in total. The SMILES string of the molecule is CCCOc1ccc(NC(=O)C(=O)N/N=C\c2ccc(OCC(=O)Nc3ccccc3C(F)(F)F)c(OC)c2)cc1. The first-order valence-corrected chi connectivity index (χ1v) is 12.2. The Hall–Kier alpha value is -5.07. The number of hydrazone groups is 1. The number of amides is 3. The predicted molar refractivity (Wildman–Crippen MR) is 145 cm³/mol. The molecule has 0 saturated heterocycles. The summed E-state index contributed by atoms with van der Waals surface area (Å²) in [5, 5.41) is 8.38. The number of carbonyl (C=O) groups excluding carboxylic acids is 3. The second-order valence-corrected chi connectivity index (χ2v) is 8.32. The lowest BCUT2D eigenvalue weighted by molar-refractivity contribution is -0.137. The summed E-state index contributed by atoms with van der Waals surface area (Å²) in [7, 11) is 1.34. The third-order valence-corrected chi connectivity index (χ3v) is 5.22. The van der Waals surface area contributed by atoms with Crippen molar-refractivity contribution in [1.29, 1.82) is 0 Å². The zero-order valence-electron chi connectivity index (χ0n) is 22.1. The van der Waals surface area contributed by atoms with E-state index in [0.717, 1.165) is 18.6 Å². The number of para-hydroxylation sites is 1. The maximum absolute atomic E-state index is 13.1. The van der Waals surface area contributed by atoms with Gasteiger partial charge >= 0.3 is 18.0 Å². The molecule has 10 nitrogen and oxygen atoms in total. The Balaban J connectivity index is 1.52. The van der Waals surface area contributed by atoms with Crippen LogP contribution in [0.5, 0.6) is 17.2 Å². The molecule has 0 bridgehead atoms. The quantitative estimate of drug-likeness (QED) is 0.175. The van der Waals surface area contributed by atoms with E-state index in [1.165, 1.54) is 43.7 Å². The Morgan fingerprint density at radius 2 is 1.63 bits per heavy atom. The minimum atomic E-state index is -4.63. The summed E-state index contributed by atoms with van der Waals surface area (Å²) in [5.74, 6) is -1.78. The number of ether oxygens (including phenoxy) is 3. The lowest BCUT2D eigenvalue weighted by Gasteiger charge is -2.14. The van der Waals surface area contributed by atoms with E-state index >= 15 is 0 Å². The van der Waals surface area contributed by atoms with Crippen LogP contribution in [-0.4, -0.2) is 44.3 Å². The smallest absolute Gasteiger partial charge is 0.418 e. The van der Waals surface area contributed by atoms with Gasteiger partial charge in [0.2, 0.25) is 0 Å². The summed E-state index contributed by atoms with van der Waals surface area (Å²) in [6.07, 6.45) is -2.53. The van der Waals surface area contributed by atoms with Crippen molar-refractivity contribution in [3.8, 4) is 17.2 Å². The fourth-order valence-electron chi connectivity index (χ4n) is 3.31. The van der Waals surface area contributed by atoms with E-state index in [4.69, 9.17) is 14.2 Å². The molecule has 3 aromatic rings. The van der Waals surface area contributed by atoms with Gasteiger partial charge in [-0.3, -0.25) is 14.4 Å². The fraction of sp³-hybridized carbons (Fsp3) is 0.214. The van der Waals surface area contributed by atoms with E-state index in [9.17, 15) is 27.6 Å². The minimum Gasteiger partial charge on any atom is -0.494 e. The third kappa shape index (κ3) is 9.27. The summed E-state index contributed by atoms with van der Waals surface area (Å²) in [6.45, 7) is 1.96. The Kier molecular flexibility index (Phi) is 10.7. The molecule has 0 atom stereocenters. The summed E-state index contributed by atoms with van der Waals surface area (Å²) >= 11 is 0. The van der Waals surface area contributed by atoms with Gasteiger partial charge in [0.05, 0.1) is 31.2 Å². The zero-order chi connectivity index (χ0) is 29.8. The average molecular weight is 573 g/mol. The number of nitrogens with zero attached hydrogens (tertiary/aromatic N) is 1. The molecule has 0 fully saturated rings. The van der Waals surface area contributed by atoms with Gasteiger partial charge < -0.3 is 24.8 Å². The molecule has 3 amide bonds. The summed E-state index contributed by atoms with van der Waals surface area (Å²) in [4.78, 5) is 36.4.